The molecule has 1 aliphatic rings. The highest BCUT2D eigenvalue weighted by atomic mass is 32.3. The van der Waals surface area contributed by atoms with E-state index in [1.807, 2.05) is 42.1 Å². The van der Waals surface area contributed by atoms with Crippen molar-refractivity contribution in [3.63, 3.8) is 0 Å². The largest absolute Gasteiger partial charge is 0.489 e. The fourth-order valence-electron chi connectivity index (χ4n) is 4.51. The van der Waals surface area contributed by atoms with E-state index < -0.39 is 58.2 Å². The van der Waals surface area contributed by atoms with Gasteiger partial charge < -0.3 is 36.8 Å². The molecule has 0 unspecified atom stereocenters. The Balaban J connectivity index is 1.43. The van der Waals surface area contributed by atoms with Gasteiger partial charge in [0.15, 0.2) is 22.7 Å². The van der Waals surface area contributed by atoms with Crippen molar-refractivity contribution in [1.29, 1.82) is 0 Å². The van der Waals surface area contributed by atoms with Gasteiger partial charge in [0.2, 0.25) is 0 Å². The van der Waals surface area contributed by atoms with Crippen LogP contribution in [0.4, 0.5) is 5.13 Å². The second kappa shape index (κ2) is 15.0. The number of ether oxygens (including phenoxy) is 1. The second-order valence-corrected chi connectivity index (χ2v) is 12.9. The number of oxime groups is 1. The molecule has 1 fully saturated rings. The van der Waals surface area contributed by atoms with Gasteiger partial charge in [0, 0.05) is 30.1 Å². The third kappa shape index (κ3) is 8.79. The van der Waals surface area contributed by atoms with Gasteiger partial charge in [-0.2, -0.15) is 13.5 Å². The minimum atomic E-state index is -5.02. The van der Waals surface area contributed by atoms with Crippen LogP contribution in [0.5, 0.6) is 5.75 Å². The fraction of sp³-hybridized carbons (Fsp3) is 0.357. The van der Waals surface area contributed by atoms with E-state index in [1.165, 1.54) is 19.2 Å². The van der Waals surface area contributed by atoms with Crippen molar-refractivity contribution in [1.82, 2.24) is 20.7 Å². The molecule has 0 aliphatic carbocycles. The van der Waals surface area contributed by atoms with Crippen molar-refractivity contribution in [2.45, 2.75) is 38.1 Å². The number of aryl methyl sites for hydroxylation is 1. The first-order valence-corrected chi connectivity index (χ1v) is 16.5. The monoisotopic (exact) mass is 707 g/mol. The maximum absolute atomic E-state index is 13.2. The molecule has 0 saturated carbocycles. The molecule has 48 heavy (non-hydrogen) atoms. The van der Waals surface area contributed by atoms with Crippen LogP contribution in [0.3, 0.4) is 0 Å². The zero-order valence-corrected chi connectivity index (χ0v) is 27.7. The molecule has 1 saturated heterocycles. The van der Waals surface area contributed by atoms with Crippen molar-refractivity contribution in [2.24, 2.45) is 17.9 Å². The molecule has 1 aromatic carbocycles. The van der Waals surface area contributed by atoms with Crippen molar-refractivity contribution in [2.75, 3.05) is 25.4 Å². The number of thiazole rings is 1. The van der Waals surface area contributed by atoms with Gasteiger partial charge >= 0.3 is 16.4 Å². The summed E-state index contributed by atoms with van der Waals surface area (Å²) in [4.78, 5) is 46.9. The van der Waals surface area contributed by atoms with Gasteiger partial charge in [-0.3, -0.25) is 14.1 Å². The van der Waals surface area contributed by atoms with E-state index >= 15 is 0 Å². The summed E-state index contributed by atoms with van der Waals surface area (Å²) in [5.41, 5.74) is 12.1. The zero-order chi connectivity index (χ0) is 35.2. The van der Waals surface area contributed by atoms with E-state index in [0.717, 1.165) is 28.2 Å². The molecule has 2 atom stereocenters. The lowest BCUT2D eigenvalue weighted by Crippen LogP contribution is -2.76. The number of nitrogens with zero attached hydrogens (tertiary/aromatic N) is 4. The minimum Gasteiger partial charge on any atom is -0.489 e. The molecule has 2 amide bonds. The molecule has 3 aromatic rings. The number of carboxylic acids is 1. The van der Waals surface area contributed by atoms with Crippen LogP contribution in [0.1, 0.15) is 25.2 Å². The van der Waals surface area contributed by atoms with Gasteiger partial charge in [-0.1, -0.05) is 17.3 Å². The molecular weight excluding hydrogens is 672 g/mol. The average molecular weight is 708 g/mol. The number of carbonyl (C=O) groups excluding carboxylic acids is 2. The first-order valence-electron chi connectivity index (χ1n) is 14.2. The zero-order valence-electron chi connectivity index (χ0n) is 26.0. The minimum absolute atomic E-state index is 0.0593. The van der Waals surface area contributed by atoms with Gasteiger partial charge in [-0.25, -0.2) is 14.3 Å². The molecule has 2 aromatic heterocycles. The second-order valence-electron chi connectivity index (χ2n) is 11.0. The Bertz CT molecular complexity index is 1800. The average Bonchev–Trinajstić information content (AvgIpc) is 3.46. The number of carboxylic acid groups (broad SMARTS) is 1. The standard InChI is InChI=1S/C28H34N8O10S2/c1-28(2)23(25(38)36(28)46-48(41,42)43)33-24(37)22(20-15-47-27(30)32-20)34-45-21(26(39)40)14-44-19-8-5-16(6-9-19)17-4-7-18(35(3)13-17)12-31-11-10-29/h4-9,13,15,21,23,31H,10-12,14,29H2,1-3H3,(H4-,30,32,33,37,39,40,41,42,43)/p+1/b34-22-/t21-,23+/m0/s1. The van der Waals surface area contributed by atoms with E-state index in [1.54, 1.807) is 12.1 Å². The number of hydrogen-bond donors (Lipinski definition) is 6. The van der Waals surface area contributed by atoms with Crippen molar-refractivity contribution >= 4 is 50.4 Å². The summed E-state index contributed by atoms with van der Waals surface area (Å²) in [6.45, 7) is 4.16. The highest BCUT2D eigenvalue weighted by molar-refractivity contribution is 7.80. The third-order valence-electron chi connectivity index (χ3n) is 7.10. The number of β-lactam (4-membered cyclic amide) rings is 1. The van der Waals surface area contributed by atoms with Gasteiger partial charge in [-0.05, 0) is 37.6 Å². The first-order chi connectivity index (χ1) is 22.6. The third-order valence-corrected chi connectivity index (χ3v) is 8.12. The summed E-state index contributed by atoms with van der Waals surface area (Å²) in [5.74, 6) is -3.12. The summed E-state index contributed by atoms with van der Waals surface area (Å²) >= 11 is 0.960. The number of nitrogen functional groups attached to an aromatic ring is 1. The summed E-state index contributed by atoms with van der Waals surface area (Å²) in [6, 6.07) is 9.61. The topological polar surface area (TPSA) is 262 Å². The summed E-state index contributed by atoms with van der Waals surface area (Å²) in [6.07, 6.45) is 0.305. The van der Waals surface area contributed by atoms with E-state index in [2.05, 4.69) is 25.1 Å². The Morgan fingerprint density at radius 3 is 2.46 bits per heavy atom. The number of amides is 2. The molecule has 0 radical (unpaired) electrons. The quantitative estimate of drug-likeness (QED) is 0.0270. The molecule has 3 heterocycles. The Kier molecular flexibility index (Phi) is 11.3. The van der Waals surface area contributed by atoms with E-state index in [4.69, 9.17) is 25.6 Å². The number of aromatic nitrogens is 2. The van der Waals surface area contributed by atoms with Crippen LogP contribution in [0, 0.1) is 0 Å². The van der Waals surface area contributed by atoms with Crippen molar-refractivity contribution in [3.05, 3.63) is 59.4 Å². The molecule has 0 bridgehead atoms. The number of anilines is 1. The number of benzene rings is 1. The fourth-order valence-corrected chi connectivity index (χ4v) is 5.51. The Morgan fingerprint density at radius 2 is 1.90 bits per heavy atom. The molecule has 4 rings (SSSR count). The summed E-state index contributed by atoms with van der Waals surface area (Å²) in [7, 11) is -3.08. The van der Waals surface area contributed by atoms with E-state index in [-0.39, 0.29) is 10.8 Å². The predicted molar refractivity (Wildman–Crippen MR) is 170 cm³/mol. The number of aliphatic carboxylic acids is 1. The number of rotatable bonds is 16. The molecule has 0 spiro atoms. The number of nitrogens with two attached hydrogens (primary N) is 2. The van der Waals surface area contributed by atoms with Crippen LogP contribution >= 0.6 is 11.3 Å². The highest BCUT2D eigenvalue weighted by Crippen LogP contribution is 2.33. The van der Waals surface area contributed by atoms with Crippen LogP contribution in [0.25, 0.3) is 11.1 Å². The van der Waals surface area contributed by atoms with Crippen LogP contribution < -0.4 is 31.4 Å². The first kappa shape index (κ1) is 36.1. The number of pyridine rings is 1. The smallest absolute Gasteiger partial charge is 0.418 e. The predicted octanol–water partition coefficient (Wildman–Crippen LogP) is -0.642. The van der Waals surface area contributed by atoms with Crippen molar-refractivity contribution in [3.8, 4) is 16.9 Å². The number of carbonyl (C=O) groups is 3. The Morgan fingerprint density at radius 1 is 1.21 bits per heavy atom. The molecule has 258 valence electrons. The Hall–Kier alpha value is -4.73. The van der Waals surface area contributed by atoms with Gasteiger partial charge in [0.05, 0.1) is 12.1 Å². The van der Waals surface area contributed by atoms with Crippen molar-refractivity contribution < 1.29 is 50.9 Å². The molecule has 1 aliphatic heterocycles. The lowest BCUT2D eigenvalue weighted by molar-refractivity contribution is -0.678. The molecule has 20 heteroatoms. The lowest BCUT2D eigenvalue weighted by atomic mass is 9.84. The molecule has 8 N–H and O–H groups in total. The van der Waals surface area contributed by atoms with Gasteiger partial charge in [0.25, 0.3) is 17.9 Å². The number of hydroxylamine groups is 2. The van der Waals surface area contributed by atoms with E-state index in [0.29, 0.717) is 30.4 Å². The van der Waals surface area contributed by atoms with E-state index in [9.17, 15) is 27.9 Å². The number of hydrogen-bond acceptors (Lipinski definition) is 14. The lowest BCUT2D eigenvalue weighted by Gasteiger charge is -2.50. The van der Waals surface area contributed by atoms with Crippen LogP contribution in [0.2, 0.25) is 0 Å². The van der Waals surface area contributed by atoms with Crippen LogP contribution in [-0.4, -0.2) is 89.0 Å². The summed E-state index contributed by atoms with van der Waals surface area (Å²) < 4.78 is 43.1. The van der Waals surface area contributed by atoms with Gasteiger partial charge in [0.1, 0.15) is 31.1 Å². The maximum atomic E-state index is 13.2. The molecular formula is C28H35N8O10S2+. The normalized spacial score (nSPS) is 16.6. The maximum Gasteiger partial charge on any atom is 0.418 e. The molecule has 18 nitrogen and oxygen atoms in total. The van der Waals surface area contributed by atoms with Crippen LogP contribution in [-0.2, 0) is 47.5 Å². The Labute approximate surface area is 279 Å². The SMILES string of the molecule is C[n+]1cc(-c2ccc(OC[C@H](O/N=C(\C(=O)N[C@@H]3C(=O)N(OS(=O)(=O)O)C3(C)C)c3csc(N)n3)C(=O)O)cc2)ccc1CNCCN. The van der Waals surface area contributed by atoms with Crippen LogP contribution in [0.15, 0.2) is 53.1 Å². The van der Waals surface area contributed by atoms with Gasteiger partial charge in [-0.15, -0.1) is 15.6 Å². The number of nitrogens with one attached hydrogen (secondary N) is 2. The highest BCUT2D eigenvalue weighted by Gasteiger charge is 2.58. The summed E-state index contributed by atoms with van der Waals surface area (Å²) in [5, 5.41) is 20.9.